The van der Waals surface area contributed by atoms with Crippen molar-refractivity contribution in [2.75, 3.05) is 19.3 Å². The summed E-state index contributed by atoms with van der Waals surface area (Å²) in [6, 6.07) is 9.52. The van der Waals surface area contributed by atoms with Gasteiger partial charge in [0, 0.05) is 24.6 Å². The molecule has 1 aliphatic heterocycles. The summed E-state index contributed by atoms with van der Waals surface area (Å²) in [6.07, 6.45) is 1.95. The van der Waals surface area contributed by atoms with E-state index in [2.05, 4.69) is 10.1 Å². The first-order chi connectivity index (χ1) is 9.54. The molecule has 20 heavy (non-hydrogen) atoms. The Labute approximate surface area is 117 Å². The lowest BCUT2D eigenvalue weighted by Crippen LogP contribution is -2.27. The van der Waals surface area contributed by atoms with Crippen LogP contribution in [0.1, 0.15) is 18.2 Å². The van der Waals surface area contributed by atoms with E-state index in [0.29, 0.717) is 24.8 Å². The Kier molecular flexibility index (Phi) is 3.31. The Morgan fingerprint density at radius 3 is 2.70 bits per heavy atom. The maximum Gasteiger partial charge on any atom is 0.257 e. The number of sulfonamides is 1. The summed E-state index contributed by atoms with van der Waals surface area (Å²) in [5.41, 5.74) is 0.865. The molecule has 0 aliphatic carbocycles. The number of rotatable bonds is 3. The second-order valence-corrected chi connectivity index (χ2v) is 6.91. The summed E-state index contributed by atoms with van der Waals surface area (Å²) in [5, 5.41) is 3.98. The van der Waals surface area contributed by atoms with Crippen LogP contribution >= 0.6 is 0 Å². The van der Waals surface area contributed by atoms with Crippen LogP contribution in [0.25, 0.3) is 11.5 Å². The number of aromatic nitrogens is 2. The standard InChI is InChI=1S/C13H15N3O3S/c1-20(17,18)16-8-7-11(9-16)12-14-13(19-15-12)10-5-3-2-4-6-10/h2-6,11H,7-9H2,1H3/t11-/m0/s1. The minimum absolute atomic E-state index is 0.00550. The van der Waals surface area contributed by atoms with E-state index in [4.69, 9.17) is 4.52 Å². The van der Waals surface area contributed by atoms with Gasteiger partial charge in [-0.15, -0.1) is 0 Å². The summed E-state index contributed by atoms with van der Waals surface area (Å²) in [5.74, 6) is 1.05. The third-order valence-electron chi connectivity index (χ3n) is 3.45. The number of hydrogen-bond acceptors (Lipinski definition) is 5. The molecular formula is C13H15N3O3S. The van der Waals surface area contributed by atoms with Crippen LogP contribution < -0.4 is 0 Å². The van der Waals surface area contributed by atoms with Crippen LogP contribution in [0.2, 0.25) is 0 Å². The number of hydrogen-bond donors (Lipinski definition) is 0. The van der Waals surface area contributed by atoms with Gasteiger partial charge in [-0.2, -0.15) is 4.98 Å². The van der Waals surface area contributed by atoms with Gasteiger partial charge in [0.05, 0.1) is 6.26 Å². The molecule has 0 saturated carbocycles. The molecule has 1 aromatic heterocycles. The average molecular weight is 293 g/mol. The van der Waals surface area contributed by atoms with Gasteiger partial charge in [-0.05, 0) is 18.6 Å². The Balaban J connectivity index is 1.79. The molecular weight excluding hydrogens is 278 g/mol. The van der Waals surface area contributed by atoms with Gasteiger partial charge >= 0.3 is 0 Å². The Bertz CT molecular complexity index is 697. The van der Waals surface area contributed by atoms with Crippen molar-refractivity contribution in [3.8, 4) is 11.5 Å². The lowest BCUT2D eigenvalue weighted by molar-refractivity contribution is 0.414. The molecule has 7 heteroatoms. The first kappa shape index (κ1) is 13.3. The van der Waals surface area contributed by atoms with E-state index in [1.807, 2.05) is 30.3 Å². The molecule has 0 bridgehead atoms. The van der Waals surface area contributed by atoms with Crippen LogP contribution in [0.4, 0.5) is 0 Å². The number of nitrogens with zero attached hydrogens (tertiary/aromatic N) is 3. The third-order valence-corrected chi connectivity index (χ3v) is 4.72. The lowest BCUT2D eigenvalue weighted by atomic mass is 10.1. The highest BCUT2D eigenvalue weighted by Gasteiger charge is 2.32. The van der Waals surface area contributed by atoms with Gasteiger partial charge in [0.1, 0.15) is 0 Å². The van der Waals surface area contributed by atoms with E-state index in [1.54, 1.807) is 0 Å². The first-order valence-electron chi connectivity index (χ1n) is 6.38. The van der Waals surface area contributed by atoms with Crippen molar-refractivity contribution in [1.82, 2.24) is 14.4 Å². The molecule has 3 rings (SSSR count). The van der Waals surface area contributed by atoms with Crippen LogP contribution in [-0.4, -0.2) is 42.2 Å². The molecule has 0 unspecified atom stereocenters. The topological polar surface area (TPSA) is 76.3 Å². The fourth-order valence-electron chi connectivity index (χ4n) is 2.34. The third kappa shape index (κ3) is 2.59. The summed E-state index contributed by atoms with van der Waals surface area (Å²) in [7, 11) is -3.14. The highest BCUT2D eigenvalue weighted by atomic mass is 32.2. The zero-order valence-corrected chi connectivity index (χ0v) is 11.9. The Morgan fingerprint density at radius 2 is 2.05 bits per heavy atom. The molecule has 1 aliphatic rings. The van der Waals surface area contributed by atoms with Crippen molar-refractivity contribution in [3.05, 3.63) is 36.2 Å². The van der Waals surface area contributed by atoms with Crippen molar-refractivity contribution in [2.24, 2.45) is 0 Å². The van der Waals surface area contributed by atoms with Crippen molar-refractivity contribution in [3.63, 3.8) is 0 Å². The molecule has 2 heterocycles. The normalized spacial score (nSPS) is 20.4. The van der Waals surface area contributed by atoms with E-state index in [9.17, 15) is 8.42 Å². The van der Waals surface area contributed by atoms with Gasteiger partial charge < -0.3 is 4.52 Å². The van der Waals surface area contributed by atoms with Crippen LogP contribution in [0.5, 0.6) is 0 Å². The van der Waals surface area contributed by atoms with Crippen LogP contribution in [0.3, 0.4) is 0 Å². The van der Waals surface area contributed by atoms with E-state index in [1.165, 1.54) is 10.6 Å². The SMILES string of the molecule is CS(=O)(=O)N1CC[C@H](c2noc(-c3ccccc3)n2)C1. The Hall–Kier alpha value is -1.73. The molecule has 0 N–H and O–H groups in total. The lowest BCUT2D eigenvalue weighted by Gasteiger charge is -2.11. The van der Waals surface area contributed by atoms with Crippen molar-refractivity contribution >= 4 is 10.0 Å². The van der Waals surface area contributed by atoms with Gasteiger partial charge in [0.2, 0.25) is 10.0 Å². The van der Waals surface area contributed by atoms with Crippen molar-refractivity contribution < 1.29 is 12.9 Å². The fraction of sp³-hybridized carbons (Fsp3) is 0.385. The van der Waals surface area contributed by atoms with Crippen molar-refractivity contribution in [2.45, 2.75) is 12.3 Å². The van der Waals surface area contributed by atoms with Gasteiger partial charge in [-0.1, -0.05) is 23.4 Å². The highest BCUT2D eigenvalue weighted by molar-refractivity contribution is 7.88. The monoisotopic (exact) mass is 293 g/mol. The quantitative estimate of drug-likeness (QED) is 0.857. The van der Waals surface area contributed by atoms with Gasteiger partial charge in [0.15, 0.2) is 5.82 Å². The maximum absolute atomic E-state index is 11.5. The molecule has 1 saturated heterocycles. The fourth-order valence-corrected chi connectivity index (χ4v) is 3.23. The molecule has 1 atom stereocenters. The summed E-state index contributed by atoms with van der Waals surface area (Å²) in [6.45, 7) is 0.936. The minimum Gasteiger partial charge on any atom is -0.334 e. The maximum atomic E-state index is 11.5. The zero-order valence-electron chi connectivity index (χ0n) is 11.1. The van der Waals surface area contributed by atoms with E-state index >= 15 is 0 Å². The summed E-state index contributed by atoms with van der Waals surface area (Å²) < 4.78 is 29.7. The highest BCUT2D eigenvalue weighted by Crippen LogP contribution is 2.28. The summed E-state index contributed by atoms with van der Waals surface area (Å²) >= 11 is 0. The van der Waals surface area contributed by atoms with Crippen LogP contribution in [0, 0.1) is 0 Å². The smallest absolute Gasteiger partial charge is 0.257 e. The molecule has 1 aromatic carbocycles. The molecule has 0 amide bonds. The minimum atomic E-state index is -3.14. The predicted molar refractivity (Wildman–Crippen MR) is 73.5 cm³/mol. The Morgan fingerprint density at radius 1 is 1.30 bits per heavy atom. The second kappa shape index (κ2) is 4.99. The summed E-state index contributed by atoms with van der Waals surface area (Å²) in [4.78, 5) is 4.38. The zero-order chi connectivity index (χ0) is 14.2. The largest absolute Gasteiger partial charge is 0.334 e. The molecule has 1 fully saturated rings. The van der Waals surface area contributed by atoms with Crippen LogP contribution in [0.15, 0.2) is 34.9 Å². The van der Waals surface area contributed by atoms with Crippen molar-refractivity contribution in [1.29, 1.82) is 0 Å². The second-order valence-electron chi connectivity index (χ2n) is 4.93. The predicted octanol–water partition coefficient (Wildman–Crippen LogP) is 1.49. The average Bonchev–Trinajstić information content (AvgIpc) is 3.08. The van der Waals surface area contributed by atoms with E-state index in [0.717, 1.165) is 12.0 Å². The molecule has 106 valence electrons. The van der Waals surface area contributed by atoms with Crippen LogP contribution in [-0.2, 0) is 10.0 Å². The number of benzene rings is 1. The van der Waals surface area contributed by atoms with E-state index < -0.39 is 10.0 Å². The molecule has 6 nitrogen and oxygen atoms in total. The van der Waals surface area contributed by atoms with Gasteiger partial charge in [-0.3, -0.25) is 0 Å². The molecule has 2 aromatic rings. The molecule has 0 radical (unpaired) electrons. The van der Waals surface area contributed by atoms with E-state index in [-0.39, 0.29) is 5.92 Å². The van der Waals surface area contributed by atoms with Gasteiger partial charge in [-0.25, -0.2) is 12.7 Å². The van der Waals surface area contributed by atoms with Gasteiger partial charge in [0.25, 0.3) is 5.89 Å². The first-order valence-corrected chi connectivity index (χ1v) is 8.23. The molecule has 0 spiro atoms.